The number of halogens is 1. The number of para-hydroxylation sites is 1. The van der Waals surface area contributed by atoms with E-state index in [1.807, 2.05) is 38.2 Å². The maximum Gasteiger partial charge on any atom is 0.139 e. The van der Waals surface area contributed by atoms with E-state index in [9.17, 15) is 0 Å². The predicted octanol–water partition coefficient (Wildman–Crippen LogP) is 4.63. The molecule has 2 rings (SSSR count). The Morgan fingerprint density at radius 1 is 1.05 bits per heavy atom. The quantitative estimate of drug-likeness (QED) is 0.848. The number of nitrogens with one attached hydrogen (secondary N) is 2. The maximum absolute atomic E-state index is 4.71. The molecule has 0 unspecified atom stereocenters. The molecule has 0 aliphatic rings. The zero-order chi connectivity index (χ0) is 15.6. The Hall–Kier alpha value is -1.62. The second-order valence-electron chi connectivity index (χ2n) is 5.97. The summed E-state index contributed by atoms with van der Waals surface area (Å²) in [5, 5.41) is 6.54. The molecule has 21 heavy (non-hydrogen) atoms. The van der Waals surface area contributed by atoms with E-state index in [1.54, 1.807) is 0 Å². The Morgan fingerprint density at radius 3 is 2.24 bits per heavy atom. The summed E-state index contributed by atoms with van der Waals surface area (Å²) >= 11 is 3.55. The lowest BCUT2D eigenvalue weighted by atomic mass is 9.95. The van der Waals surface area contributed by atoms with E-state index >= 15 is 0 Å². The number of benzene rings is 1. The van der Waals surface area contributed by atoms with Crippen LogP contribution in [0.5, 0.6) is 0 Å². The van der Waals surface area contributed by atoms with Crippen molar-refractivity contribution in [1.29, 1.82) is 0 Å². The fraction of sp³-hybridized carbons (Fsp3) is 0.375. The van der Waals surface area contributed by atoms with Crippen LogP contribution in [0.4, 0.5) is 17.3 Å². The molecule has 0 fully saturated rings. The smallest absolute Gasteiger partial charge is 0.139 e. The minimum absolute atomic E-state index is 0.107. The van der Waals surface area contributed by atoms with Crippen LogP contribution in [-0.4, -0.2) is 17.0 Å². The lowest BCUT2D eigenvalue weighted by molar-refractivity contribution is 0.546. The van der Waals surface area contributed by atoms with Gasteiger partial charge in [0.2, 0.25) is 0 Å². The molecule has 2 aromatic rings. The van der Waals surface area contributed by atoms with Crippen LogP contribution in [0.15, 0.2) is 28.7 Å². The third-order valence-electron chi connectivity index (χ3n) is 3.18. The highest BCUT2D eigenvalue weighted by atomic mass is 79.9. The second-order valence-corrected chi connectivity index (χ2v) is 6.83. The van der Waals surface area contributed by atoms with Crippen molar-refractivity contribution in [2.24, 2.45) is 0 Å². The predicted molar refractivity (Wildman–Crippen MR) is 92.4 cm³/mol. The van der Waals surface area contributed by atoms with E-state index in [-0.39, 0.29) is 5.41 Å². The van der Waals surface area contributed by atoms with E-state index in [0.29, 0.717) is 0 Å². The van der Waals surface area contributed by atoms with Crippen molar-refractivity contribution in [1.82, 2.24) is 9.97 Å². The molecule has 0 aliphatic carbocycles. The molecular formula is C16H21BrN4. The second kappa shape index (κ2) is 6.02. The van der Waals surface area contributed by atoms with Crippen molar-refractivity contribution in [2.45, 2.75) is 33.1 Å². The zero-order valence-electron chi connectivity index (χ0n) is 13.1. The highest BCUT2D eigenvalue weighted by Crippen LogP contribution is 2.30. The van der Waals surface area contributed by atoms with Gasteiger partial charge in [0.15, 0.2) is 0 Å². The van der Waals surface area contributed by atoms with Gasteiger partial charge in [-0.15, -0.1) is 0 Å². The van der Waals surface area contributed by atoms with Crippen LogP contribution in [0.2, 0.25) is 0 Å². The molecule has 2 N–H and O–H groups in total. The summed E-state index contributed by atoms with van der Waals surface area (Å²) in [6, 6.07) is 8.00. The van der Waals surface area contributed by atoms with Crippen LogP contribution in [0.1, 0.15) is 32.2 Å². The summed E-state index contributed by atoms with van der Waals surface area (Å²) in [5.74, 6) is 2.49. The van der Waals surface area contributed by atoms with E-state index < -0.39 is 0 Å². The minimum atomic E-state index is -0.107. The Morgan fingerprint density at radius 2 is 1.67 bits per heavy atom. The Kier molecular flexibility index (Phi) is 4.52. The largest absolute Gasteiger partial charge is 0.373 e. The Balaban J connectivity index is 2.50. The van der Waals surface area contributed by atoms with Crippen molar-refractivity contribution in [2.75, 3.05) is 17.7 Å². The SMILES string of the molecule is CNc1nc(C(C)(C)C)nc(Nc2ccccc2Br)c1C. The van der Waals surface area contributed by atoms with Gasteiger partial charge in [0, 0.05) is 22.5 Å². The third kappa shape index (κ3) is 3.53. The first-order chi connectivity index (χ1) is 9.82. The molecule has 0 saturated heterocycles. The lowest BCUT2D eigenvalue weighted by Gasteiger charge is -2.21. The van der Waals surface area contributed by atoms with Crippen molar-refractivity contribution in [3.63, 3.8) is 0 Å². The van der Waals surface area contributed by atoms with E-state index in [1.165, 1.54) is 0 Å². The average Bonchev–Trinajstić information content (AvgIpc) is 2.42. The summed E-state index contributed by atoms with van der Waals surface area (Å²) in [4.78, 5) is 9.32. The van der Waals surface area contributed by atoms with Gasteiger partial charge in [-0.2, -0.15) is 0 Å². The van der Waals surface area contributed by atoms with Crippen LogP contribution in [0.3, 0.4) is 0 Å². The maximum atomic E-state index is 4.71. The Bertz CT molecular complexity index is 647. The highest BCUT2D eigenvalue weighted by Gasteiger charge is 2.21. The molecule has 0 amide bonds. The van der Waals surface area contributed by atoms with Gasteiger partial charge >= 0.3 is 0 Å². The summed E-state index contributed by atoms with van der Waals surface area (Å²) in [7, 11) is 1.88. The highest BCUT2D eigenvalue weighted by molar-refractivity contribution is 9.10. The Labute approximate surface area is 134 Å². The first-order valence-electron chi connectivity index (χ1n) is 6.91. The standard InChI is InChI=1S/C16H21BrN4/c1-10-13(18-5)20-15(16(2,3)4)21-14(10)19-12-9-7-6-8-11(12)17/h6-9H,1-5H3,(H2,18,19,20,21). The van der Waals surface area contributed by atoms with Crippen LogP contribution in [0.25, 0.3) is 0 Å². The number of hydrogen-bond acceptors (Lipinski definition) is 4. The number of anilines is 3. The molecule has 0 spiro atoms. The summed E-state index contributed by atoms with van der Waals surface area (Å²) in [5.41, 5.74) is 1.88. The van der Waals surface area contributed by atoms with Gasteiger partial charge < -0.3 is 10.6 Å². The van der Waals surface area contributed by atoms with Gasteiger partial charge in [0.1, 0.15) is 17.5 Å². The van der Waals surface area contributed by atoms with Gasteiger partial charge in [-0.25, -0.2) is 9.97 Å². The minimum Gasteiger partial charge on any atom is -0.373 e. The number of rotatable bonds is 3. The first kappa shape index (κ1) is 15.8. The van der Waals surface area contributed by atoms with E-state index in [4.69, 9.17) is 4.98 Å². The molecule has 4 nitrogen and oxygen atoms in total. The molecule has 5 heteroatoms. The van der Waals surface area contributed by atoms with Gasteiger partial charge in [0.25, 0.3) is 0 Å². The van der Waals surface area contributed by atoms with Gasteiger partial charge in [0.05, 0.1) is 5.69 Å². The molecule has 0 atom stereocenters. The van der Waals surface area contributed by atoms with Crippen molar-refractivity contribution in [3.8, 4) is 0 Å². The summed E-state index contributed by atoms with van der Waals surface area (Å²) in [6.45, 7) is 8.34. The van der Waals surface area contributed by atoms with Gasteiger partial charge in [-0.3, -0.25) is 0 Å². The van der Waals surface area contributed by atoms with Crippen LogP contribution in [0, 0.1) is 6.92 Å². The first-order valence-corrected chi connectivity index (χ1v) is 7.70. The lowest BCUT2D eigenvalue weighted by Crippen LogP contribution is -2.18. The van der Waals surface area contributed by atoms with Crippen LogP contribution < -0.4 is 10.6 Å². The number of aromatic nitrogens is 2. The van der Waals surface area contributed by atoms with Crippen LogP contribution >= 0.6 is 15.9 Å². The van der Waals surface area contributed by atoms with Gasteiger partial charge in [-0.05, 0) is 35.0 Å². The zero-order valence-corrected chi connectivity index (χ0v) is 14.7. The summed E-state index contributed by atoms with van der Waals surface area (Å²) < 4.78 is 1.01. The molecular weight excluding hydrogens is 328 g/mol. The fourth-order valence-corrected chi connectivity index (χ4v) is 2.29. The number of hydrogen-bond donors (Lipinski definition) is 2. The molecule has 0 bridgehead atoms. The molecule has 0 saturated carbocycles. The van der Waals surface area contributed by atoms with Crippen LogP contribution in [-0.2, 0) is 5.41 Å². The molecule has 1 aromatic heterocycles. The van der Waals surface area contributed by atoms with Gasteiger partial charge in [-0.1, -0.05) is 32.9 Å². The van der Waals surface area contributed by atoms with Crippen molar-refractivity contribution in [3.05, 3.63) is 40.1 Å². The van der Waals surface area contributed by atoms with E-state index in [2.05, 4.69) is 52.3 Å². The fourth-order valence-electron chi connectivity index (χ4n) is 1.91. The normalized spacial score (nSPS) is 11.3. The summed E-state index contributed by atoms with van der Waals surface area (Å²) in [6.07, 6.45) is 0. The molecule has 112 valence electrons. The van der Waals surface area contributed by atoms with E-state index in [0.717, 1.165) is 33.2 Å². The topological polar surface area (TPSA) is 49.8 Å². The number of nitrogens with zero attached hydrogens (tertiary/aromatic N) is 2. The van der Waals surface area contributed by atoms with Crippen molar-refractivity contribution < 1.29 is 0 Å². The molecule has 1 aromatic carbocycles. The molecule has 0 aliphatic heterocycles. The molecule has 1 heterocycles. The average molecular weight is 349 g/mol. The monoisotopic (exact) mass is 348 g/mol. The molecule has 0 radical (unpaired) electrons. The van der Waals surface area contributed by atoms with Crippen molar-refractivity contribution >= 4 is 33.3 Å². The third-order valence-corrected chi connectivity index (χ3v) is 3.87.